The molecule has 1 N–H and O–H groups in total. The molecule has 2 aromatic rings. The molecule has 2 aliphatic rings. The lowest BCUT2D eigenvalue weighted by molar-refractivity contribution is -0.155. The maximum atomic E-state index is 14.0. The molecule has 0 bridgehead atoms. The molecule has 2 heterocycles. The Hall–Kier alpha value is -3.59. The SMILES string of the molecule is CCC[C@]1(C(=O)OCC)N[C@@H](c2ccc(OC)cc2OC)[C@H]2C(=O)N(c3ccc(OCC)cc3)C(=O)[C@@H]21. The Kier molecular flexibility index (Phi) is 7.73. The van der Waals surface area contributed by atoms with Gasteiger partial charge in [0.2, 0.25) is 11.8 Å². The van der Waals surface area contributed by atoms with Crippen LogP contribution >= 0.6 is 0 Å². The molecule has 0 unspecified atom stereocenters. The summed E-state index contributed by atoms with van der Waals surface area (Å²) in [5, 5.41) is 3.40. The number of benzene rings is 2. The molecule has 2 aliphatic heterocycles. The van der Waals surface area contributed by atoms with Crippen LogP contribution in [0.5, 0.6) is 17.2 Å². The van der Waals surface area contributed by atoms with Gasteiger partial charge in [-0.15, -0.1) is 0 Å². The Balaban J connectivity index is 1.85. The number of methoxy groups -OCH3 is 2. The number of imide groups is 1. The largest absolute Gasteiger partial charge is 0.497 e. The van der Waals surface area contributed by atoms with Gasteiger partial charge in [0.15, 0.2) is 0 Å². The minimum absolute atomic E-state index is 0.157. The van der Waals surface area contributed by atoms with Crippen molar-refractivity contribution in [2.24, 2.45) is 11.8 Å². The van der Waals surface area contributed by atoms with Gasteiger partial charge in [-0.25, -0.2) is 4.90 Å². The van der Waals surface area contributed by atoms with Crippen molar-refractivity contribution >= 4 is 23.5 Å². The maximum absolute atomic E-state index is 14.0. The summed E-state index contributed by atoms with van der Waals surface area (Å²) in [5.74, 6) is -1.40. The predicted molar refractivity (Wildman–Crippen MR) is 137 cm³/mol. The molecule has 0 radical (unpaired) electrons. The van der Waals surface area contributed by atoms with Gasteiger partial charge in [-0.3, -0.25) is 19.7 Å². The van der Waals surface area contributed by atoms with E-state index in [1.54, 1.807) is 56.5 Å². The summed E-state index contributed by atoms with van der Waals surface area (Å²) >= 11 is 0. The third-order valence-electron chi connectivity index (χ3n) is 7.12. The standard InChI is InChI=1S/C28H34N2O7/c1-6-15-28(27(33)37-8-3)23-22(24(29-28)20-14-13-19(34-4)16-21(20)35-5)25(31)30(26(23)32)17-9-11-18(12-10-17)36-7-2/h9-14,16,22-24,29H,6-8,15H2,1-5H3/t22-,23+,24-,28-/m0/s1. The number of hydrogen-bond acceptors (Lipinski definition) is 8. The van der Waals surface area contributed by atoms with Crippen molar-refractivity contribution in [1.82, 2.24) is 5.32 Å². The first kappa shape index (κ1) is 26.5. The molecule has 0 saturated carbocycles. The summed E-state index contributed by atoms with van der Waals surface area (Å²) in [6.45, 7) is 6.20. The van der Waals surface area contributed by atoms with E-state index in [4.69, 9.17) is 18.9 Å². The molecule has 0 spiro atoms. The normalized spacial score (nSPS) is 24.7. The van der Waals surface area contributed by atoms with Gasteiger partial charge in [0.05, 0.1) is 45.0 Å². The lowest BCUT2D eigenvalue weighted by atomic mass is 9.77. The number of fused-ring (bicyclic) bond motifs is 1. The van der Waals surface area contributed by atoms with Crippen molar-refractivity contribution < 1.29 is 33.3 Å². The van der Waals surface area contributed by atoms with Crippen LogP contribution in [0.25, 0.3) is 0 Å². The number of nitrogens with one attached hydrogen (secondary N) is 1. The van der Waals surface area contributed by atoms with E-state index in [-0.39, 0.29) is 12.5 Å². The zero-order valence-corrected chi connectivity index (χ0v) is 21.9. The van der Waals surface area contributed by atoms with Crippen molar-refractivity contribution in [2.75, 3.05) is 32.3 Å². The number of ether oxygens (including phenoxy) is 4. The summed E-state index contributed by atoms with van der Waals surface area (Å²) in [6.07, 6.45) is 0.935. The van der Waals surface area contributed by atoms with Crippen LogP contribution in [-0.2, 0) is 19.1 Å². The number of amides is 2. The third-order valence-corrected chi connectivity index (χ3v) is 7.12. The second kappa shape index (κ2) is 10.8. The summed E-state index contributed by atoms with van der Waals surface area (Å²) in [5.41, 5.74) is -0.268. The summed E-state index contributed by atoms with van der Waals surface area (Å²) in [4.78, 5) is 42.7. The fourth-order valence-electron chi connectivity index (χ4n) is 5.63. The molecule has 4 atom stereocenters. The van der Waals surface area contributed by atoms with Gasteiger partial charge in [0, 0.05) is 17.7 Å². The van der Waals surface area contributed by atoms with Crippen molar-refractivity contribution in [2.45, 2.75) is 45.2 Å². The number of esters is 1. The molecule has 9 nitrogen and oxygen atoms in total. The fourth-order valence-corrected chi connectivity index (χ4v) is 5.63. The van der Waals surface area contributed by atoms with Crippen LogP contribution < -0.4 is 24.4 Å². The number of anilines is 1. The lowest BCUT2D eigenvalue weighted by Crippen LogP contribution is -2.56. The van der Waals surface area contributed by atoms with Crippen molar-refractivity contribution in [3.05, 3.63) is 48.0 Å². The van der Waals surface area contributed by atoms with Gasteiger partial charge in [-0.05, 0) is 50.6 Å². The molecule has 0 aliphatic carbocycles. The first-order valence-electron chi connectivity index (χ1n) is 12.6. The first-order chi connectivity index (χ1) is 17.9. The Morgan fingerprint density at radius 3 is 2.24 bits per heavy atom. The molecule has 2 fully saturated rings. The summed E-state index contributed by atoms with van der Waals surface area (Å²) < 4.78 is 22.0. The van der Waals surface area contributed by atoms with Crippen LogP contribution in [0.15, 0.2) is 42.5 Å². The first-order valence-corrected chi connectivity index (χ1v) is 12.6. The van der Waals surface area contributed by atoms with Gasteiger partial charge >= 0.3 is 5.97 Å². The van der Waals surface area contributed by atoms with Crippen LogP contribution in [0, 0.1) is 11.8 Å². The Morgan fingerprint density at radius 2 is 1.65 bits per heavy atom. The van der Waals surface area contributed by atoms with Gasteiger partial charge in [0.25, 0.3) is 0 Å². The zero-order valence-electron chi connectivity index (χ0n) is 21.9. The Bertz CT molecular complexity index is 1170. The van der Waals surface area contributed by atoms with E-state index in [2.05, 4.69) is 5.32 Å². The molecule has 2 saturated heterocycles. The van der Waals surface area contributed by atoms with Gasteiger partial charge in [-0.2, -0.15) is 0 Å². The molecule has 37 heavy (non-hydrogen) atoms. The smallest absolute Gasteiger partial charge is 0.327 e. The topological polar surface area (TPSA) is 103 Å². The average molecular weight is 511 g/mol. The number of nitrogens with zero attached hydrogens (tertiary/aromatic N) is 1. The second-order valence-electron chi connectivity index (χ2n) is 9.11. The predicted octanol–water partition coefficient (Wildman–Crippen LogP) is 3.65. The zero-order chi connectivity index (χ0) is 26.7. The van der Waals surface area contributed by atoms with Crippen LogP contribution in [0.1, 0.15) is 45.2 Å². The number of carbonyl (C=O) groups excluding carboxylic acids is 3. The number of rotatable bonds is 10. The molecule has 2 amide bonds. The van der Waals surface area contributed by atoms with E-state index in [1.165, 1.54) is 12.0 Å². The van der Waals surface area contributed by atoms with E-state index in [9.17, 15) is 14.4 Å². The van der Waals surface area contributed by atoms with Crippen molar-refractivity contribution in [3.8, 4) is 17.2 Å². The quantitative estimate of drug-likeness (QED) is 0.382. The average Bonchev–Trinajstić information content (AvgIpc) is 3.38. The van der Waals surface area contributed by atoms with Gasteiger partial charge in [-0.1, -0.05) is 19.4 Å². The van der Waals surface area contributed by atoms with Crippen LogP contribution in [0.2, 0.25) is 0 Å². The van der Waals surface area contributed by atoms with E-state index in [0.717, 1.165) is 0 Å². The minimum atomic E-state index is -1.36. The summed E-state index contributed by atoms with van der Waals surface area (Å²) in [7, 11) is 3.09. The fraction of sp³-hybridized carbons (Fsp3) is 0.464. The highest BCUT2D eigenvalue weighted by Gasteiger charge is 2.68. The van der Waals surface area contributed by atoms with E-state index in [1.807, 2.05) is 13.8 Å². The highest BCUT2D eigenvalue weighted by molar-refractivity contribution is 6.24. The van der Waals surface area contributed by atoms with Crippen molar-refractivity contribution in [1.29, 1.82) is 0 Å². The molecule has 198 valence electrons. The second-order valence-corrected chi connectivity index (χ2v) is 9.11. The molecular formula is C28H34N2O7. The number of hydrogen-bond donors (Lipinski definition) is 1. The van der Waals surface area contributed by atoms with Crippen LogP contribution in [0.4, 0.5) is 5.69 Å². The van der Waals surface area contributed by atoms with E-state index < -0.39 is 35.3 Å². The summed E-state index contributed by atoms with van der Waals surface area (Å²) in [6, 6.07) is 11.4. The molecular weight excluding hydrogens is 476 g/mol. The molecule has 4 rings (SSSR count). The highest BCUT2D eigenvalue weighted by atomic mass is 16.5. The van der Waals surface area contributed by atoms with Crippen molar-refractivity contribution in [3.63, 3.8) is 0 Å². The van der Waals surface area contributed by atoms with E-state index in [0.29, 0.717) is 47.9 Å². The van der Waals surface area contributed by atoms with Crippen LogP contribution in [-0.4, -0.2) is 50.8 Å². The third kappa shape index (κ3) is 4.41. The van der Waals surface area contributed by atoms with Crippen LogP contribution in [0.3, 0.4) is 0 Å². The maximum Gasteiger partial charge on any atom is 0.327 e. The Morgan fingerprint density at radius 1 is 0.946 bits per heavy atom. The lowest BCUT2D eigenvalue weighted by Gasteiger charge is -2.32. The number of carbonyl (C=O) groups is 3. The molecule has 9 heteroatoms. The molecule has 2 aromatic carbocycles. The van der Waals surface area contributed by atoms with Gasteiger partial charge in [0.1, 0.15) is 22.8 Å². The minimum Gasteiger partial charge on any atom is -0.497 e. The highest BCUT2D eigenvalue weighted by Crippen LogP contribution is 2.53. The molecule has 0 aromatic heterocycles. The monoisotopic (exact) mass is 510 g/mol. The Labute approximate surface area is 217 Å². The van der Waals surface area contributed by atoms with E-state index >= 15 is 0 Å². The van der Waals surface area contributed by atoms with Gasteiger partial charge < -0.3 is 18.9 Å².